The molecule has 21 heavy (non-hydrogen) atoms. The van der Waals surface area contributed by atoms with E-state index in [4.69, 9.17) is 4.52 Å². The topological polar surface area (TPSA) is 52.3 Å². The van der Waals surface area contributed by atoms with Crippen molar-refractivity contribution in [1.29, 1.82) is 0 Å². The Hall–Kier alpha value is -2.31. The Morgan fingerprint density at radius 1 is 1.24 bits per heavy atom. The van der Waals surface area contributed by atoms with Gasteiger partial charge in [-0.1, -0.05) is 5.16 Å². The molecule has 1 aromatic carbocycles. The first-order valence-electron chi connectivity index (χ1n) is 6.29. The molecule has 2 aromatic rings. The summed E-state index contributed by atoms with van der Waals surface area (Å²) >= 11 is 0. The van der Waals surface area contributed by atoms with Crippen molar-refractivity contribution in [1.82, 2.24) is 5.16 Å². The largest absolute Gasteiger partial charge is 0.573 e. The van der Waals surface area contributed by atoms with Gasteiger partial charge in [-0.05, 0) is 37.1 Å². The van der Waals surface area contributed by atoms with E-state index >= 15 is 0 Å². The van der Waals surface area contributed by atoms with E-state index in [-0.39, 0.29) is 17.0 Å². The van der Waals surface area contributed by atoms with Crippen LogP contribution in [0.3, 0.4) is 0 Å². The molecule has 0 radical (unpaired) electrons. The fourth-order valence-electron chi connectivity index (χ4n) is 1.91. The Labute approximate surface area is 117 Å². The maximum atomic E-state index is 12.1. The van der Waals surface area contributed by atoms with Gasteiger partial charge in [0.15, 0.2) is 5.69 Å². The highest BCUT2D eigenvalue weighted by atomic mass is 19.4. The number of hydrogen-bond donors (Lipinski definition) is 0. The van der Waals surface area contributed by atoms with Crippen molar-refractivity contribution in [2.45, 2.75) is 25.1 Å². The van der Waals surface area contributed by atoms with Crippen LogP contribution in [0, 0.1) is 0 Å². The normalized spacial score (nSPS) is 15.0. The number of carbonyl (C=O) groups excluding carboxylic acids is 1. The average Bonchev–Trinajstić information content (AvgIpc) is 3.15. The van der Waals surface area contributed by atoms with Crippen molar-refractivity contribution in [3.8, 4) is 5.75 Å². The molecular formula is C14H10F3NO3. The molecule has 1 aliphatic carbocycles. The van der Waals surface area contributed by atoms with Gasteiger partial charge in [0.2, 0.25) is 5.78 Å². The zero-order valence-corrected chi connectivity index (χ0v) is 10.7. The molecule has 0 bridgehead atoms. The van der Waals surface area contributed by atoms with Crippen molar-refractivity contribution in [2.24, 2.45) is 0 Å². The van der Waals surface area contributed by atoms with E-state index in [1.165, 1.54) is 12.1 Å². The molecule has 0 saturated heterocycles. The molecule has 7 heteroatoms. The van der Waals surface area contributed by atoms with E-state index < -0.39 is 12.1 Å². The fraction of sp³-hybridized carbons (Fsp3) is 0.286. The first kappa shape index (κ1) is 13.7. The number of halogens is 3. The molecule has 3 rings (SSSR count). The van der Waals surface area contributed by atoms with Gasteiger partial charge in [0.1, 0.15) is 11.5 Å². The number of nitrogens with zero attached hydrogens (tertiary/aromatic N) is 1. The first-order chi connectivity index (χ1) is 9.92. The summed E-state index contributed by atoms with van der Waals surface area (Å²) < 4.78 is 44.9. The van der Waals surface area contributed by atoms with E-state index in [9.17, 15) is 18.0 Å². The smallest absolute Gasteiger partial charge is 0.406 e. The Morgan fingerprint density at radius 2 is 1.90 bits per heavy atom. The van der Waals surface area contributed by atoms with Crippen molar-refractivity contribution in [2.75, 3.05) is 0 Å². The van der Waals surface area contributed by atoms with Crippen molar-refractivity contribution >= 4 is 5.78 Å². The molecule has 4 nitrogen and oxygen atoms in total. The van der Waals surface area contributed by atoms with Crippen LogP contribution in [0.1, 0.15) is 40.6 Å². The minimum atomic E-state index is -4.75. The monoisotopic (exact) mass is 297 g/mol. The van der Waals surface area contributed by atoms with E-state index in [2.05, 4.69) is 9.89 Å². The van der Waals surface area contributed by atoms with Gasteiger partial charge in [-0.25, -0.2) is 0 Å². The molecule has 1 aliphatic rings. The van der Waals surface area contributed by atoms with Gasteiger partial charge in [0, 0.05) is 17.5 Å². The molecule has 1 heterocycles. The third kappa shape index (κ3) is 3.24. The van der Waals surface area contributed by atoms with Gasteiger partial charge in [-0.15, -0.1) is 13.2 Å². The summed E-state index contributed by atoms with van der Waals surface area (Å²) in [7, 11) is 0. The number of ketones is 1. The summed E-state index contributed by atoms with van der Waals surface area (Å²) in [5.74, 6) is 0.235. The van der Waals surface area contributed by atoms with Crippen molar-refractivity contribution in [3.05, 3.63) is 47.3 Å². The summed E-state index contributed by atoms with van der Waals surface area (Å²) in [6.45, 7) is 0. The Bertz CT molecular complexity index is 657. The third-order valence-electron chi connectivity index (χ3n) is 3.09. The van der Waals surface area contributed by atoms with Crippen molar-refractivity contribution in [3.63, 3.8) is 0 Å². The lowest BCUT2D eigenvalue weighted by atomic mass is 10.1. The van der Waals surface area contributed by atoms with E-state index in [1.807, 2.05) is 0 Å². The number of aromatic nitrogens is 1. The molecule has 0 N–H and O–H groups in total. The van der Waals surface area contributed by atoms with Gasteiger partial charge in [0.05, 0.1) is 0 Å². The molecular weight excluding hydrogens is 287 g/mol. The lowest BCUT2D eigenvalue weighted by molar-refractivity contribution is -0.274. The van der Waals surface area contributed by atoms with Crippen LogP contribution >= 0.6 is 0 Å². The zero-order chi connectivity index (χ0) is 15.0. The summed E-state index contributed by atoms with van der Waals surface area (Å²) in [6, 6.07) is 6.27. The Balaban J connectivity index is 1.74. The SMILES string of the molecule is O=C(c1ccc(OC(F)(F)F)cc1)c1cc(C2CC2)on1. The van der Waals surface area contributed by atoms with Gasteiger partial charge in [-0.3, -0.25) is 4.79 Å². The summed E-state index contributed by atoms with van der Waals surface area (Å²) in [6.07, 6.45) is -2.71. The molecule has 1 fully saturated rings. The predicted octanol–water partition coefficient (Wildman–Crippen LogP) is 3.68. The summed E-state index contributed by atoms with van der Waals surface area (Å²) in [5.41, 5.74) is 0.376. The number of rotatable bonds is 4. The highest BCUT2D eigenvalue weighted by Crippen LogP contribution is 2.40. The number of alkyl halides is 3. The van der Waals surface area contributed by atoms with E-state index in [0.29, 0.717) is 11.7 Å². The molecule has 1 aromatic heterocycles. The number of benzene rings is 1. The standard InChI is InChI=1S/C14H10F3NO3/c15-14(16,17)20-10-5-3-9(4-6-10)13(19)11-7-12(21-18-11)8-1-2-8/h3-8H,1-2H2. The van der Waals surface area contributed by atoms with E-state index in [1.54, 1.807) is 6.07 Å². The molecule has 0 unspecified atom stereocenters. The molecule has 1 saturated carbocycles. The van der Waals surface area contributed by atoms with Crippen LogP contribution in [0.15, 0.2) is 34.9 Å². The maximum absolute atomic E-state index is 12.1. The minimum absolute atomic E-state index is 0.154. The van der Waals surface area contributed by atoms with Gasteiger partial charge in [-0.2, -0.15) is 0 Å². The second-order valence-electron chi connectivity index (χ2n) is 4.79. The average molecular weight is 297 g/mol. The number of carbonyl (C=O) groups is 1. The number of ether oxygens (including phenoxy) is 1. The van der Waals surface area contributed by atoms with Crippen LogP contribution in [0.5, 0.6) is 5.75 Å². The Morgan fingerprint density at radius 3 is 2.48 bits per heavy atom. The highest BCUT2D eigenvalue weighted by Gasteiger charge is 2.31. The highest BCUT2D eigenvalue weighted by molar-refractivity contribution is 6.07. The third-order valence-corrected chi connectivity index (χ3v) is 3.09. The quantitative estimate of drug-likeness (QED) is 0.808. The van der Waals surface area contributed by atoms with Crippen molar-refractivity contribution < 1.29 is 27.2 Å². The molecule has 110 valence electrons. The zero-order valence-electron chi connectivity index (χ0n) is 10.7. The van der Waals surface area contributed by atoms with Crippen LogP contribution in [-0.2, 0) is 0 Å². The fourth-order valence-corrected chi connectivity index (χ4v) is 1.91. The molecule has 0 amide bonds. The number of hydrogen-bond acceptors (Lipinski definition) is 4. The summed E-state index contributed by atoms with van der Waals surface area (Å²) in [5, 5.41) is 3.70. The predicted molar refractivity (Wildman–Crippen MR) is 65.0 cm³/mol. The minimum Gasteiger partial charge on any atom is -0.406 e. The van der Waals surface area contributed by atoms with Crippen LogP contribution in [0.4, 0.5) is 13.2 Å². The second kappa shape index (κ2) is 4.91. The molecule has 0 spiro atoms. The van der Waals surface area contributed by atoms with Gasteiger partial charge < -0.3 is 9.26 Å². The van der Waals surface area contributed by atoms with Crippen LogP contribution in [0.2, 0.25) is 0 Å². The first-order valence-corrected chi connectivity index (χ1v) is 6.29. The van der Waals surface area contributed by atoms with Crippen LogP contribution < -0.4 is 4.74 Å². The lowest BCUT2D eigenvalue weighted by Gasteiger charge is -2.08. The van der Waals surface area contributed by atoms with Gasteiger partial charge in [0.25, 0.3) is 0 Å². The van der Waals surface area contributed by atoms with E-state index in [0.717, 1.165) is 25.0 Å². The molecule has 0 aliphatic heterocycles. The molecule has 0 atom stereocenters. The maximum Gasteiger partial charge on any atom is 0.573 e. The summed E-state index contributed by atoms with van der Waals surface area (Å²) in [4.78, 5) is 12.1. The lowest BCUT2D eigenvalue weighted by Crippen LogP contribution is -2.17. The van der Waals surface area contributed by atoms with Crippen LogP contribution in [0.25, 0.3) is 0 Å². The second-order valence-corrected chi connectivity index (χ2v) is 4.79. The Kier molecular flexibility index (Phi) is 3.19. The van der Waals surface area contributed by atoms with Crippen LogP contribution in [-0.4, -0.2) is 17.3 Å². The van der Waals surface area contributed by atoms with Gasteiger partial charge >= 0.3 is 6.36 Å².